The molecule has 0 radical (unpaired) electrons. The van der Waals surface area contributed by atoms with E-state index in [1.165, 1.54) is 11.3 Å². The number of pyridine rings is 1. The van der Waals surface area contributed by atoms with Crippen LogP contribution in [0.3, 0.4) is 0 Å². The Hall–Kier alpha value is -3.82. The molecular weight excluding hydrogens is 517 g/mol. The lowest BCUT2D eigenvalue weighted by atomic mass is 9.92. The Morgan fingerprint density at radius 3 is 2.54 bits per heavy atom. The summed E-state index contributed by atoms with van der Waals surface area (Å²) in [5, 5.41) is 17.7. The molecule has 2 atom stereocenters. The number of nitrogens with one attached hydrogen (secondary N) is 1. The summed E-state index contributed by atoms with van der Waals surface area (Å²) in [6, 6.07) is 15.6. The van der Waals surface area contributed by atoms with E-state index >= 15 is 0 Å². The van der Waals surface area contributed by atoms with Crippen molar-refractivity contribution in [3.8, 4) is 11.1 Å². The molecule has 0 saturated heterocycles. The van der Waals surface area contributed by atoms with Crippen LogP contribution in [0.5, 0.6) is 0 Å². The first-order valence-electron chi connectivity index (χ1n) is 11.5. The van der Waals surface area contributed by atoms with Gasteiger partial charge >= 0.3 is 5.97 Å². The second-order valence-corrected chi connectivity index (χ2v) is 10.2. The van der Waals surface area contributed by atoms with Gasteiger partial charge in [-0.15, -0.1) is 11.3 Å². The van der Waals surface area contributed by atoms with Gasteiger partial charge in [0.15, 0.2) is 6.17 Å². The van der Waals surface area contributed by atoms with Gasteiger partial charge in [0.25, 0.3) is 11.5 Å². The number of aromatic amines is 1. The van der Waals surface area contributed by atoms with Gasteiger partial charge in [0.2, 0.25) is 0 Å². The highest BCUT2D eigenvalue weighted by molar-refractivity contribution is 7.16. The van der Waals surface area contributed by atoms with Crippen molar-refractivity contribution < 1.29 is 19.1 Å². The number of thiophene rings is 1. The molecule has 2 aromatic carbocycles. The molecule has 2 aromatic heterocycles. The van der Waals surface area contributed by atoms with Crippen molar-refractivity contribution in [2.75, 3.05) is 0 Å². The van der Waals surface area contributed by atoms with E-state index in [1.54, 1.807) is 24.3 Å². The number of aliphatic carboxylic acids is 1. The van der Waals surface area contributed by atoms with Crippen LogP contribution in [-0.2, 0) is 9.59 Å². The lowest BCUT2D eigenvalue weighted by Crippen LogP contribution is -2.35. The highest BCUT2D eigenvalue weighted by atomic mass is 35.5. The summed E-state index contributed by atoms with van der Waals surface area (Å²) in [6.07, 6.45) is -3.10. The molecule has 0 fully saturated rings. The number of amides is 1. The number of hydrazone groups is 1. The number of carboxylic acid groups (broad SMARTS) is 1. The predicted octanol–water partition coefficient (Wildman–Crippen LogP) is 5.71. The summed E-state index contributed by atoms with van der Waals surface area (Å²) in [5.41, 5.74) is 3.26. The summed E-state index contributed by atoms with van der Waals surface area (Å²) in [6.45, 7) is 1.92. The lowest BCUT2D eigenvalue weighted by Gasteiger charge is -2.23. The molecule has 5 rings (SSSR count). The number of fused-ring (bicyclic) bond motifs is 1. The van der Waals surface area contributed by atoms with Crippen molar-refractivity contribution in [1.82, 2.24) is 9.99 Å². The number of aryl methyl sites for hydroxylation is 1. The van der Waals surface area contributed by atoms with Crippen LogP contribution in [0.4, 0.5) is 4.39 Å². The summed E-state index contributed by atoms with van der Waals surface area (Å²) in [5.74, 6) is -2.50. The molecule has 0 saturated carbocycles. The lowest BCUT2D eigenvalue weighted by molar-refractivity contribution is -0.146. The zero-order valence-electron chi connectivity index (χ0n) is 19.6. The minimum absolute atomic E-state index is 0.147. The fourth-order valence-corrected chi connectivity index (χ4v) is 5.42. The molecule has 3 heterocycles. The molecule has 4 aromatic rings. The van der Waals surface area contributed by atoms with Crippen molar-refractivity contribution in [3.63, 3.8) is 0 Å². The van der Waals surface area contributed by atoms with Crippen molar-refractivity contribution in [2.45, 2.75) is 32.0 Å². The van der Waals surface area contributed by atoms with Crippen molar-refractivity contribution in [1.29, 1.82) is 0 Å². The number of H-pyrrole nitrogens is 1. The molecule has 1 aliphatic heterocycles. The maximum absolute atomic E-state index is 14.7. The summed E-state index contributed by atoms with van der Waals surface area (Å²) in [4.78, 5) is 41.1. The molecule has 1 amide bonds. The first-order chi connectivity index (χ1) is 17.7. The monoisotopic (exact) mass is 537 g/mol. The topological polar surface area (TPSA) is 103 Å². The van der Waals surface area contributed by atoms with Gasteiger partial charge in [-0.1, -0.05) is 53.6 Å². The molecule has 2 unspecified atom stereocenters. The first-order valence-corrected chi connectivity index (χ1v) is 12.7. The van der Waals surface area contributed by atoms with Crippen LogP contribution in [-0.4, -0.2) is 38.9 Å². The van der Waals surface area contributed by atoms with Gasteiger partial charge in [0, 0.05) is 22.4 Å². The number of alkyl halides is 1. The quantitative estimate of drug-likeness (QED) is 0.329. The van der Waals surface area contributed by atoms with E-state index in [2.05, 4.69) is 10.1 Å². The van der Waals surface area contributed by atoms with Crippen molar-refractivity contribution in [2.24, 2.45) is 5.10 Å². The van der Waals surface area contributed by atoms with Crippen LogP contribution in [0.25, 0.3) is 21.3 Å². The standard InChI is InChI=1S/C27H21ClFN3O4S/c1-14-2-4-15(5-3-14)21-13-20(31-32(21)27(36)19(29)12-22(33)34)24-23(16-6-8-17(28)9-7-16)18-10-11-37-26(18)30-25(24)35/h2-11,19,21H,12-13H2,1H3,(H,30,35)(H,33,34). The third-order valence-electron chi connectivity index (χ3n) is 6.28. The average molecular weight is 538 g/mol. The van der Waals surface area contributed by atoms with E-state index in [-0.39, 0.29) is 12.0 Å². The highest BCUT2D eigenvalue weighted by Crippen LogP contribution is 2.38. The Bertz CT molecular complexity index is 1590. The maximum atomic E-state index is 14.7. The average Bonchev–Trinajstić information content (AvgIpc) is 3.50. The van der Waals surface area contributed by atoms with Gasteiger partial charge in [0.1, 0.15) is 4.83 Å². The molecule has 0 spiro atoms. The van der Waals surface area contributed by atoms with Crippen LogP contribution < -0.4 is 5.56 Å². The minimum Gasteiger partial charge on any atom is -0.481 e. The number of carbonyl (C=O) groups excluding carboxylic acids is 1. The molecule has 0 bridgehead atoms. The Balaban J connectivity index is 1.68. The largest absolute Gasteiger partial charge is 0.481 e. The zero-order valence-corrected chi connectivity index (χ0v) is 21.1. The third-order valence-corrected chi connectivity index (χ3v) is 7.36. The summed E-state index contributed by atoms with van der Waals surface area (Å²) < 4.78 is 14.7. The van der Waals surface area contributed by atoms with E-state index in [0.717, 1.165) is 21.5 Å². The molecular formula is C27H21ClFN3O4S. The fraction of sp³-hybridized carbons (Fsp3) is 0.185. The summed E-state index contributed by atoms with van der Waals surface area (Å²) >= 11 is 7.49. The van der Waals surface area contributed by atoms with Crippen molar-refractivity contribution in [3.05, 3.63) is 92.0 Å². The van der Waals surface area contributed by atoms with Gasteiger partial charge in [-0.3, -0.25) is 14.4 Å². The number of hydrogen-bond acceptors (Lipinski definition) is 5. The van der Waals surface area contributed by atoms with E-state index in [1.807, 2.05) is 42.6 Å². The molecule has 10 heteroatoms. The number of carbonyl (C=O) groups is 2. The SMILES string of the molecule is Cc1ccc(C2CC(c3c(-c4ccc(Cl)cc4)c4ccsc4[nH]c3=O)=NN2C(=O)C(F)CC(=O)O)cc1. The van der Waals surface area contributed by atoms with Crippen LogP contribution in [0.2, 0.25) is 5.02 Å². The van der Waals surface area contributed by atoms with Crippen molar-refractivity contribution >= 4 is 50.7 Å². The third kappa shape index (κ3) is 4.80. The Morgan fingerprint density at radius 1 is 1.16 bits per heavy atom. The smallest absolute Gasteiger partial charge is 0.306 e. The van der Waals surface area contributed by atoms with Crippen LogP contribution >= 0.6 is 22.9 Å². The number of hydrogen-bond donors (Lipinski definition) is 2. The normalized spacial score (nSPS) is 16.1. The highest BCUT2D eigenvalue weighted by Gasteiger charge is 2.38. The second-order valence-electron chi connectivity index (χ2n) is 8.80. The Labute approximate surface area is 219 Å². The second kappa shape index (κ2) is 9.91. The number of rotatable bonds is 6. The Morgan fingerprint density at radius 2 is 1.86 bits per heavy atom. The number of nitrogens with zero attached hydrogens (tertiary/aromatic N) is 2. The number of aromatic nitrogens is 1. The fourth-order valence-electron chi connectivity index (χ4n) is 4.51. The summed E-state index contributed by atoms with van der Waals surface area (Å²) in [7, 11) is 0. The number of halogens is 2. The number of carboxylic acids is 1. The van der Waals surface area contributed by atoms with Gasteiger partial charge < -0.3 is 10.1 Å². The van der Waals surface area contributed by atoms with Gasteiger partial charge in [-0.25, -0.2) is 9.40 Å². The van der Waals surface area contributed by atoms with E-state index in [0.29, 0.717) is 26.7 Å². The Kier molecular flexibility index (Phi) is 6.66. The van der Waals surface area contributed by atoms with Gasteiger partial charge in [-0.2, -0.15) is 5.10 Å². The molecule has 2 N–H and O–H groups in total. The predicted molar refractivity (Wildman–Crippen MR) is 142 cm³/mol. The molecule has 0 aliphatic carbocycles. The molecule has 7 nitrogen and oxygen atoms in total. The molecule has 1 aliphatic rings. The van der Waals surface area contributed by atoms with Gasteiger partial charge in [-0.05, 0) is 41.6 Å². The maximum Gasteiger partial charge on any atom is 0.306 e. The van der Waals surface area contributed by atoms with E-state index in [9.17, 15) is 18.8 Å². The minimum atomic E-state index is -2.28. The van der Waals surface area contributed by atoms with Crippen LogP contribution in [0.15, 0.2) is 69.9 Å². The zero-order chi connectivity index (χ0) is 26.3. The van der Waals surface area contributed by atoms with E-state index in [4.69, 9.17) is 16.7 Å². The number of benzene rings is 2. The molecule has 37 heavy (non-hydrogen) atoms. The van der Waals surface area contributed by atoms with Crippen LogP contribution in [0, 0.1) is 6.92 Å². The van der Waals surface area contributed by atoms with Gasteiger partial charge in [0.05, 0.1) is 23.7 Å². The molecule has 188 valence electrons. The van der Waals surface area contributed by atoms with E-state index < -0.39 is 36.1 Å². The van der Waals surface area contributed by atoms with Crippen LogP contribution in [0.1, 0.15) is 35.6 Å². The first kappa shape index (κ1) is 24.9.